The van der Waals surface area contributed by atoms with Crippen LogP contribution in [-0.2, 0) is 4.74 Å². The number of morpholine rings is 1. The van der Waals surface area contributed by atoms with Gasteiger partial charge in [0.25, 0.3) is 5.91 Å². The zero-order valence-electron chi connectivity index (χ0n) is 16.3. The van der Waals surface area contributed by atoms with E-state index in [0.29, 0.717) is 47.6 Å². The first-order valence-corrected chi connectivity index (χ1v) is 10.1. The summed E-state index contributed by atoms with van der Waals surface area (Å²) in [5.41, 5.74) is 2.63. The van der Waals surface area contributed by atoms with Crippen molar-refractivity contribution in [3.63, 3.8) is 0 Å². The van der Waals surface area contributed by atoms with Crippen molar-refractivity contribution in [2.75, 3.05) is 31.6 Å². The molecule has 0 spiro atoms. The van der Waals surface area contributed by atoms with Gasteiger partial charge in [0.1, 0.15) is 0 Å². The lowest BCUT2D eigenvalue weighted by molar-refractivity contribution is 0.0302. The van der Waals surface area contributed by atoms with Gasteiger partial charge in [0, 0.05) is 34.4 Å². The van der Waals surface area contributed by atoms with Crippen LogP contribution >= 0.6 is 23.2 Å². The van der Waals surface area contributed by atoms with Crippen molar-refractivity contribution in [1.82, 2.24) is 10.2 Å². The topological polar surface area (TPSA) is 70.7 Å². The van der Waals surface area contributed by atoms with Crippen LogP contribution in [0.1, 0.15) is 34.5 Å². The normalized spacial score (nSPS) is 15.0. The van der Waals surface area contributed by atoms with Gasteiger partial charge in [0.2, 0.25) is 0 Å². The van der Waals surface area contributed by atoms with Crippen LogP contribution in [0, 0.1) is 6.92 Å². The van der Waals surface area contributed by atoms with Crippen LogP contribution in [0.25, 0.3) is 0 Å². The molecule has 3 rings (SSSR count). The van der Waals surface area contributed by atoms with Gasteiger partial charge in [-0.1, -0.05) is 35.3 Å². The third-order valence-electron chi connectivity index (χ3n) is 4.89. The summed E-state index contributed by atoms with van der Waals surface area (Å²) in [6, 6.07) is 9.74. The van der Waals surface area contributed by atoms with Crippen molar-refractivity contribution < 1.29 is 14.3 Å². The van der Waals surface area contributed by atoms with Crippen LogP contribution in [-0.4, -0.2) is 43.1 Å². The highest BCUT2D eigenvalue weighted by molar-refractivity contribution is 6.35. The number of ether oxygens (including phenoxy) is 1. The van der Waals surface area contributed by atoms with Crippen molar-refractivity contribution >= 4 is 40.8 Å². The highest BCUT2D eigenvalue weighted by Crippen LogP contribution is 2.26. The molecule has 1 unspecified atom stereocenters. The molecule has 2 aromatic rings. The third-order valence-corrected chi connectivity index (χ3v) is 5.45. The minimum atomic E-state index is -0.386. The van der Waals surface area contributed by atoms with Crippen LogP contribution in [0.2, 0.25) is 10.0 Å². The molecule has 8 heteroatoms. The number of anilines is 1. The van der Waals surface area contributed by atoms with Gasteiger partial charge in [0.05, 0.1) is 19.3 Å². The molecule has 2 N–H and O–H groups in total. The number of benzene rings is 2. The van der Waals surface area contributed by atoms with E-state index < -0.39 is 0 Å². The Hall–Kier alpha value is -2.28. The van der Waals surface area contributed by atoms with E-state index in [0.717, 1.165) is 11.1 Å². The van der Waals surface area contributed by atoms with Crippen molar-refractivity contribution in [3.8, 4) is 0 Å². The number of amides is 3. The molecule has 3 amide bonds. The first-order chi connectivity index (χ1) is 13.9. The Morgan fingerprint density at radius 1 is 1.14 bits per heavy atom. The Morgan fingerprint density at radius 3 is 2.55 bits per heavy atom. The van der Waals surface area contributed by atoms with E-state index in [9.17, 15) is 9.59 Å². The Labute approximate surface area is 180 Å². The molecule has 0 saturated carbocycles. The standard InChI is InChI=1S/C21H23Cl2N3O3/c1-13-16(20(27)26-8-10-29-11-9-26)4-3-5-19(13)25-21(28)24-14(2)17-7-6-15(22)12-18(17)23/h3-7,12,14H,8-11H2,1-2H3,(H2,24,25,28). The van der Waals surface area contributed by atoms with E-state index >= 15 is 0 Å². The smallest absolute Gasteiger partial charge is 0.319 e. The molecule has 0 radical (unpaired) electrons. The number of nitrogens with zero attached hydrogens (tertiary/aromatic N) is 1. The maximum Gasteiger partial charge on any atom is 0.319 e. The van der Waals surface area contributed by atoms with Gasteiger partial charge in [-0.25, -0.2) is 4.79 Å². The van der Waals surface area contributed by atoms with Gasteiger partial charge in [-0.2, -0.15) is 0 Å². The van der Waals surface area contributed by atoms with Crippen molar-refractivity contribution in [2.45, 2.75) is 19.9 Å². The molecule has 6 nitrogen and oxygen atoms in total. The second kappa shape index (κ2) is 9.48. The molecule has 1 aliphatic rings. The largest absolute Gasteiger partial charge is 0.378 e. The number of hydrogen-bond donors (Lipinski definition) is 2. The summed E-state index contributed by atoms with van der Waals surface area (Å²) in [7, 11) is 0. The van der Waals surface area contributed by atoms with Gasteiger partial charge in [-0.3, -0.25) is 4.79 Å². The van der Waals surface area contributed by atoms with E-state index in [2.05, 4.69) is 10.6 Å². The van der Waals surface area contributed by atoms with Crippen LogP contribution in [0.4, 0.5) is 10.5 Å². The monoisotopic (exact) mass is 435 g/mol. The number of carbonyl (C=O) groups excluding carboxylic acids is 2. The number of rotatable bonds is 4. The Morgan fingerprint density at radius 2 is 1.86 bits per heavy atom. The lowest BCUT2D eigenvalue weighted by atomic mass is 10.1. The number of urea groups is 1. The van der Waals surface area contributed by atoms with Crippen LogP contribution in [0.5, 0.6) is 0 Å². The summed E-state index contributed by atoms with van der Waals surface area (Å²) in [6.07, 6.45) is 0. The van der Waals surface area contributed by atoms with Crippen molar-refractivity contribution in [3.05, 3.63) is 63.1 Å². The lowest BCUT2D eigenvalue weighted by Crippen LogP contribution is -2.41. The molecule has 29 heavy (non-hydrogen) atoms. The van der Waals surface area contributed by atoms with Crippen LogP contribution in [0.3, 0.4) is 0 Å². The fourth-order valence-corrected chi connectivity index (χ4v) is 3.80. The van der Waals surface area contributed by atoms with E-state index in [4.69, 9.17) is 27.9 Å². The summed E-state index contributed by atoms with van der Waals surface area (Å²) < 4.78 is 5.30. The molecule has 1 aliphatic heterocycles. The fourth-order valence-electron chi connectivity index (χ4n) is 3.23. The van der Waals surface area contributed by atoms with E-state index in [1.807, 2.05) is 13.8 Å². The quantitative estimate of drug-likeness (QED) is 0.733. The minimum Gasteiger partial charge on any atom is -0.378 e. The van der Waals surface area contributed by atoms with Gasteiger partial charge >= 0.3 is 6.03 Å². The highest BCUT2D eigenvalue weighted by Gasteiger charge is 2.21. The molecule has 1 saturated heterocycles. The molecule has 1 atom stereocenters. The molecular formula is C21H23Cl2N3O3. The Kier molecular flexibility index (Phi) is 7.00. The molecule has 0 bridgehead atoms. The third kappa shape index (κ3) is 5.21. The number of hydrogen-bond acceptors (Lipinski definition) is 3. The van der Waals surface area contributed by atoms with E-state index in [1.165, 1.54) is 0 Å². The highest BCUT2D eigenvalue weighted by atomic mass is 35.5. The second-order valence-corrected chi connectivity index (χ2v) is 7.71. The summed E-state index contributed by atoms with van der Waals surface area (Å²) in [6.45, 7) is 5.86. The van der Waals surface area contributed by atoms with Gasteiger partial charge < -0.3 is 20.3 Å². The summed E-state index contributed by atoms with van der Waals surface area (Å²) in [5, 5.41) is 6.70. The van der Waals surface area contributed by atoms with E-state index in [-0.39, 0.29) is 18.0 Å². The summed E-state index contributed by atoms with van der Waals surface area (Å²) >= 11 is 12.1. The number of halogens is 2. The summed E-state index contributed by atoms with van der Waals surface area (Å²) in [5.74, 6) is -0.0591. The van der Waals surface area contributed by atoms with Crippen LogP contribution in [0.15, 0.2) is 36.4 Å². The fraction of sp³-hybridized carbons (Fsp3) is 0.333. The molecule has 2 aromatic carbocycles. The van der Waals surface area contributed by atoms with Gasteiger partial charge in [0.15, 0.2) is 0 Å². The Balaban J connectivity index is 1.69. The second-order valence-electron chi connectivity index (χ2n) is 6.87. The predicted molar refractivity (Wildman–Crippen MR) is 115 cm³/mol. The molecule has 1 fully saturated rings. The van der Waals surface area contributed by atoms with Crippen molar-refractivity contribution in [1.29, 1.82) is 0 Å². The number of carbonyl (C=O) groups is 2. The molecule has 154 valence electrons. The number of nitrogens with one attached hydrogen (secondary N) is 2. The Bertz CT molecular complexity index is 914. The molecule has 0 aromatic heterocycles. The first kappa shape index (κ1) is 21.4. The van der Waals surface area contributed by atoms with Crippen molar-refractivity contribution in [2.24, 2.45) is 0 Å². The lowest BCUT2D eigenvalue weighted by Gasteiger charge is -2.27. The average molecular weight is 436 g/mol. The predicted octanol–water partition coefficient (Wildman–Crippen LogP) is 4.66. The molecule has 0 aliphatic carbocycles. The SMILES string of the molecule is Cc1c(NC(=O)NC(C)c2ccc(Cl)cc2Cl)cccc1C(=O)N1CCOCC1. The maximum atomic E-state index is 12.8. The van der Waals surface area contributed by atoms with Gasteiger partial charge in [-0.15, -0.1) is 0 Å². The maximum absolute atomic E-state index is 12.8. The van der Waals surface area contributed by atoms with Crippen LogP contribution < -0.4 is 10.6 Å². The van der Waals surface area contributed by atoms with E-state index in [1.54, 1.807) is 41.3 Å². The summed E-state index contributed by atoms with van der Waals surface area (Å²) in [4.78, 5) is 27.1. The zero-order valence-corrected chi connectivity index (χ0v) is 17.8. The first-order valence-electron chi connectivity index (χ1n) is 9.36. The molecule has 1 heterocycles. The zero-order chi connectivity index (χ0) is 21.0. The average Bonchev–Trinajstić information content (AvgIpc) is 2.69. The van der Waals surface area contributed by atoms with Gasteiger partial charge in [-0.05, 0) is 49.2 Å². The molecular weight excluding hydrogens is 413 g/mol. The minimum absolute atomic E-state index is 0.0591.